The molecule has 1 saturated heterocycles. The van der Waals surface area contributed by atoms with E-state index in [9.17, 15) is 18.0 Å². The van der Waals surface area contributed by atoms with Crippen LogP contribution in [-0.4, -0.2) is 30.1 Å². The smallest absolute Gasteiger partial charge is 0.335 e. The highest BCUT2D eigenvalue weighted by Gasteiger charge is 2.44. The fourth-order valence-corrected chi connectivity index (χ4v) is 2.51. The Kier molecular flexibility index (Phi) is 3.56. The molecule has 19 heavy (non-hydrogen) atoms. The topological polar surface area (TPSA) is 20.3 Å². The molecular weight excluding hydrogens is 255 g/mol. The first-order valence-electron chi connectivity index (χ1n) is 6.24. The van der Waals surface area contributed by atoms with Crippen molar-refractivity contribution in [3.05, 3.63) is 35.9 Å². The summed E-state index contributed by atoms with van der Waals surface area (Å²) < 4.78 is 37.1. The van der Waals surface area contributed by atoms with E-state index in [1.165, 1.54) is 0 Å². The van der Waals surface area contributed by atoms with Crippen molar-refractivity contribution in [1.29, 1.82) is 0 Å². The normalized spacial score (nSPS) is 19.3. The van der Waals surface area contributed by atoms with Crippen LogP contribution in [0.3, 0.4) is 0 Å². The fourth-order valence-electron chi connectivity index (χ4n) is 2.51. The SMILES string of the molecule is CC1(c2ccccc2)CCN(C(=O)C(F)(F)F)CC1. The average Bonchev–Trinajstić information content (AvgIpc) is 2.39. The second-order valence-corrected chi connectivity index (χ2v) is 5.22. The maximum absolute atomic E-state index is 12.4. The summed E-state index contributed by atoms with van der Waals surface area (Å²) in [6, 6.07) is 9.74. The molecule has 2 rings (SSSR count). The van der Waals surface area contributed by atoms with E-state index in [1.54, 1.807) is 0 Å². The molecule has 0 bridgehead atoms. The lowest BCUT2D eigenvalue weighted by Crippen LogP contribution is -2.48. The largest absolute Gasteiger partial charge is 0.471 e. The maximum atomic E-state index is 12.4. The molecule has 1 aliphatic heterocycles. The van der Waals surface area contributed by atoms with Crippen molar-refractivity contribution in [2.24, 2.45) is 0 Å². The van der Waals surface area contributed by atoms with Crippen molar-refractivity contribution in [1.82, 2.24) is 4.90 Å². The molecule has 104 valence electrons. The minimum Gasteiger partial charge on any atom is -0.335 e. The second kappa shape index (κ2) is 4.87. The first-order valence-corrected chi connectivity index (χ1v) is 6.24. The van der Waals surface area contributed by atoms with Gasteiger partial charge in [-0.25, -0.2) is 0 Å². The summed E-state index contributed by atoms with van der Waals surface area (Å²) in [6.07, 6.45) is -3.65. The quantitative estimate of drug-likeness (QED) is 0.768. The van der Waals surface area contributed by atoms with Gasteiger partial charge in [-0.15, -0.1) is 0 Å². The molecule has 0 saturated carbocycles. The van der Waals surface area contributed by atoms with Gasteiger partial charge < -0.3 is 4.90 Å². The molecule has 0 N–H and O–H groups in total. The molecule has 1 fully saturated rings. The Labute approximate surface area is 110 Å². The molecule has 0 unspecified atom stereocenters. The highest BCUT2D eigenvalue weighted by atomic mass is 19.4. The number of piperidine rings is 1. The lowest BCUT2D eigenvalue weighted by Gasteiger charge is -2.40. The molecule has 1 amide bonds. The van der Waals surface area contributed by atoms with Crippen LogP contribution in [0.4, 0.5) is 13.2 Å². The predicted molar refractivity (Wildman–Crippen MR) is 65.7 cm³/mol. The zero-order valence-corrected chi connectivity index (χ0v) is 10.7. The van der Waals surface area contributed by atoms with Crippen LogP contribution in [-0.2, 0) is 10.2 Å². The van der Waals surface area contributed by atoms with Crippen molar-refractivity contribution in [2.75, 3.05) is 13.1 Å². The Morgan fingerprint density at radius 3 is 2.16 bits per heavy atom. The van der Waals surface area contributed by atoms with E-state index in [4.69, 9.17) is 0 Å². The zero-order valence-electron chi connectivity index (χ0n) is 10.7. The van der Waals surface area contributed by atoms with Crippen molar-refractivity contribution in [2.45, 2.75) is 31.4 Å². The zero-order chi connectivity index (χ0) is 14.1. The van der Waals surface area contributed by atoms with Crippen LogP contribution < -0.4 is 0 Å². The van der Waals surface area contributed by atoms with Crippen LogP contribution in [0, 0.1) is 0 Å². The number of carbonyl (C=O) groups is 1. The highest BCUT2D eigenvalue weighted by molar-refractivity contribution is 5.82. The maximum Gasteiger partial charge on any atom is 0.471 e. The van der Waals surface area contributed by atoms with E-state index in [1.807, 2.05) is 37.3 Å². The van der Waals surface area contributed by atoms with Crippen LogP contribution in [0.2, 0.25) is 0 Å². The number of halogens is 3. The molecule has 0 spiro atoms. The number of carbonyl (C=O) groups excluding carboxylic acids is 1. The summed E-state index contributed by atoms with van der Waals surface area (Å²) in [5.74, 6) is -1.72. The van der Waals surface area contributed by atoms with Gasteiger partial charge in [0.15, 0.2) is 0 Å². The average molecular weight is 271 g/mol. The molecular formula is C14H16F3NO. The number of nitrogens with zero attached hydrogens (tertiary/aromatic N) is 1. The summed E-state index contributed by atoms with van der Waals surface area (Å²) in [7, 11) is 0. The molecule has 2 nitrogen and oxygen atoms in total. The second-order valence-electron chi connectivity index (χ2n) is 5.22. The van der Waals surface area contributed by atoms with E-state index in [0.717, 1.165) is 10.5 Å². The molecule has 1 aliphatic rings. The van der Waals surface area contributed by atoms with E-state index < -0.39 is 12.1 Å². The molecule has 0 aliphatic carbocycles. The molecule has 1 aromatic rings. The van der Waals surface area contributed by atoms with Crippen LogP contribution in [0.25, 0.3) is 0 Å². The van der Waals surface area contributed by atoms with Crippen molar-refractivity contribution in [3.63, 3.8) is 0 Å². The summed E-state index contributed by atoms with van der Waals surface area (Å²) >= 11 is 0. The van der Waals surface area contributed by atoms with Gasteiger partial charge in [0.2, 0.25) is 0 Å². The number of benzene rings is 1. The Hall–Kier alpha value is -1.52. The minimum atomic E-state index is -4.76. The van der Waals surface area contributed by atoms with Gasteiger partial charge in [0.1, 0.15) is 0 Å². The van der Waals surface area contributed by atoms with Crippen LogP contribution >= 0.6 is 0 Å². The number of amides is 1. The first kappa shape index (κ1) is 13.9. The third kappa shape index (κ3) is 2.91. The van der Waals surface area contributed by atoms with E-state index in [2.05, 4.69) is 0 Å². The van der Waals surface area contributed by atoms with Crippen molar-refractivity contribution >= 4 is 5.91 Å². The number of rotatable bonds is 1. The van der Waals surface area contributed by atoms with Crippen LogP contribution in [0.5, 0.6) is 0 Å². The fraction of sp³-hybridized carbons (Fsp3) is 0.500. The molecule has 0 atom stereocenters. The lowest BCUT2D eigenvalue weighted by atomic mass is 9.74. The van der Waals surface area contributed by atoms with Crippen molar-refractivity contribution < 1.29 is 18.0 Å². The van der Waals surface area contributed by atoms with E-state index in [-0.39, 0.29) is 18.5 Å². The summed E-state index contributed by atoms with van der Waals surface area (Å²) in [6.45, 7) is 2.35. The third-order valence-electron chi connectivity index (χ3n) is 3.87. The van der Waals surface area contributed by atoms with Crippen LogP contribution in [0.1, 0.15) is 25.3 Å². The Morgan fingerprint density at radius 1 is 1.16 bits per heavy atom. The van der Waals surface area contributed by atoms with E-state index >= 15 is 0 Å². The molecule has 1 aromatic carbocycles. The summed E-state index contributed by atoms with van der Waals surface area (Å²) in [5, 5.41) is 0. The molecule has 5 heteroatoms. The monoisotopic (exact) mass is 271 g/mol. The number of alkyl halides is 3. The van der Waals surface area contributed by atoms with Gasteiger partial charge in [-0.2, -0.15) is 13.2 Å². The van der Waals surface area contributed by atoms with Gasteiger partial charge in [-0.05, 0) is 23.8 Å². The Balaban J connectivity index is 2.05. The van der Waals surface area contributed by atoms with Gasteiger partial charge in [0.25, 0.3) is 0 Å². The van der Waals surface area contributed by atoms with Gasteiger partial charge in [-0.1, -0.05) is 37.3 Å². The Morgan fingerprint density at radius 2 is 1.68 bits per heavy atom. The molecule has 0 aromatic heterocycles. The van der Waals surface area contributed by atoms with Gasteiger partial charge in [0.05, 0.1) is 0 Å². The van der Waals surface area contributed by atoms with Gasteiger partial charge in [0, 0.05) is 13.1 Å². The molecule has 0 radical (unpaired) electrons. The number of likely N-dealkylation sites (tertiary alicyclic amines) is 1. The third-order valence-corrected chi connectivity index (χ3v) is 3.87. The standard InChI is InChI=1S/C14H16F3NO/c1-13(11-5-3-2-4-6-11)7-9-18(10-8-13)12(19)14(15,16)17/h2-6H,7-10H2,1H3. The number of hydrogen-bond acceptors (Lipinski definition) is 1. The van der Waals surface area contributed by atoms with E-state index in [0.29, 0.717) is 12.8 Å². The molecule has 1 heterocycles. The van der Waals surface area contributed by atoms with Crippen molar-refractivity contribution in [3.8, 4) is 0 Å². The van der Waals surface area contributed by atoms with Crippen LogP contribution in [0.15, 0.2) is 30.3 Å². The summed E-state index contributed by atoms with van der Waals surface area (Å²) in [5.41, 5.74) is 0.970. The predicted octanol–water partition coefficient (Wildman–Crippen LogP) is 3.13. The number of hydrogen-bond donors (Lipinski definition) is 0. The first-order chi connectivity index (χ1) is 8.83. The lowest BCUT2D eigenvalue weighted by molar-refractivity contribution is -0.186. The van der Waals surface area contributed by atoms with Gasteiger partial charge in [-0.3, -0.25) is 4.79 Å². The Bertz CT molecular complexity index is 448. The van der Waals surface area contributed by atoms with Gasteiger partial charge >= 0.3 is 12.1 Å². The highest BCUT2D eigenvalue weighted by Crippen LogP contribution is 2.35. The summed E-state index contributed by atoms with van der Waals surface area (Å²) in [4.78, 5) is 12.1. The minimum absolute atomic E-state index is 0.149.